The van der Waals surface area contributed by atoms with Gasteiger partial charge in [0.25, 0.3) is 0 Å². The lowest BCUT2D eigenvalue weighted by molar-refractivity contribution is -0.134. The second kappa shape index (κ2) is 13.2. The lowest BCUT2D eigenvalue weighted by atomic mass is 10.1. The first-order valence-electron chi connectivity index (χ1n) is 10.7. The van der Waals surface area contributed by atoms with E-state index in [1.165, 1.54) is 49.4 Å². The van der Waals surface area contributed by atoms with Crippen molar-refractivity contribution in [3.05, 3.63) is 59.7 Å². The quantitative estimate of drug-likeness (QED) is 0.160. The second-order valence-electron chi connectivity index (χ2n) is 7.30. The molecule has 0 aliphatic carbocycles. The summed E-state index contributed by atoms with van der Waals surface area (Å²) in [5, 5.41) is -0.0138. The summed E-state index contributed by atoms with van der Waals surface area (Å²) in [5.74, 6) is 0.281. The zero-order chi connectivity index (χ0) is 20.9. The van der Waals surface area contributed by atoms with Crippen LogP contribution in [0, 0.1) is 0 Å². The molecule has 0 spiro atoms. The number of rotatable bonds is 12. The number of aryl methyl sites for hydroxylation is 1. The fourth-order valence-electron chi connectivity index (χ4n) is 2.99. The highest BCUT2D eigenvalue weighted by molar-refractivity contribution is 8.14. The summed E-state index contributed by atoms with van der Waals surface area (Å²) in [6.07, 6.45) is 9.38. The number of thioether (sulfide) groups is 1. The van der Waals surface area contributed by atoms with E-state index in [4.69, 9.17) is 4.74 Å². The van der Waals surface area contributed by atoms with Crippen LogP contribution in [0.4, 0.5) is 0 Å². The molecule has 0 aromatic heterocycles. The van der Waals surface area contributed by atoms with E-state index in [9.17, 15) is 9.59 Å². The zero-order valence-corrected chi connectivity index (χ0v) is 18.4. The average Bonchev–Trinajstić information content (AvgIpc) is 2.73. The molecule has 0 fully saturated rings. The molecule has 0 unspecified atom stereocenters. The van der Waals surface area contributed by atoms with Crippen LogP contribution < -0.4 is 4.74 Å². The molecular formula is C25H32O3S. The lowest BCUT2D eigenvalue weighted by Gasteiger charge is -2.06. The van der Waals surface area contributed by atoms with Gasteiger partial charge in [0, 0.05) is 16.9 Å². The first kappa shape index (κ1) is 23.2. The summed E-state index contributed by atoms with van der Waals surface area (Å²) < 4.78 is 5.36. The predicted molar refractivity (Wildman–Crippen MR) is 121 cm³/mol. The van der Waals surface area contributed by atoms with Crippen LogP contribution in [0.25, 0.3) is 0 Å². The fraction of sp³-hybridized carbons (Fsp3) is 0.440. The summed E-state index contributed by atoms with van der Waals surface area (Å²) >= 11 is 1.22. The minimum atomic E-state index is -0.210. The van der Waals surface area contributed by atoms with Gasteiger partial charge in [-0.15, -0.1) is 0 Å². The molecule has 0 N–H and O–H groups in total. The number of hydrogen-bond acceptors (Lipinski definition) is 4. The third-order valence-electron chi connectivity index (χ3n) is 4.76. The van der Waals surface area contributed by atoms with Crippen LogP contribution in [0.3, 0.4) is 0 Å². The Morgan fingerprint density at radius 2 is 1.45 bits per heavy atom. The molecule has 0 aliphatic rings. The van der Waals surface area contributed by atoms with Gasteiger partial charge in [-0.25, -0.2) is 0 Å². The van der Waals surface area contributed by atoms with Crippen molar-refractivity contribution in [1.82, 2.24) is 0 Å². The predicted octanol–water partition coefficient (Wildman–Crippen LogP) is 7.23. The third-order valence-corrected chi connectivity index (χ3v) is 5.69. The number of carbonyl (C=O) groups excluding carboxylic acids is 2. The lowest BCUT2D eigenvalue weighted by Crippen LogP contribution is -2.07. The van der Waals surface area contributed by atoms with Crippen molar-refractivity contribution >= 4 is 22.8 Å². The number of esters is 1. The van der Waals surface area contributed by atoms with Crippen molar-refractivity contribution in [1.29, 1.82) is 0 Å². The molecular weight excluding hydrogens is 380 g/mol. The minimum Gasteiger partial charge on any atom is -0.427 e. The molecule has 4 heteroatoms. The molecule has 0 saturated carbocycles. The Morgan fingerprint density at radius 1 is 0.793 bits per heavy atom. The maximum absolute atomic E-state index is 12.5. The van der Waals surface area contributed by atoms with E-state index < -0.39 is 0 Å². The van der Waals surface area contributed by atoms with E-state index in [0.29, 0.717) is 17.7 Å². The van der Waals surface area contributed by atoms with Crippen LogP contribution in [0.1, 0.15) is 81.1 Å². The molecule has 3 nitrogen and oxygen atoms in total. The Labute approximate surface area is 179 Å². The van der Waals surface area contributed by atoms with Crippen LogP contribution >= 0.6 is 11.8 Å². The summed E-state index contributed by atoms with van der Waals surface area (Å²) in [4.78, 5) is 25.3. The van der Waals surface area contributed by atoms with E-state index >= 15 is 0 Å². The normalized spacial score (nSPS) is 10.7. The number of unbranched alkanes of at least 4 members (excludes halogenated alkanes) is 5. The molecule has 2 aromatic carbocycles. The van der Waals surface area contributed by atoms with Crippen LogP contribution in [0.15, 0.2) is 53.4 Å². The van der Waals surface area contributed by atoms with Gasteiger partial charge in [-0.2, -0.15) is 0 Å². The molecule has 0 aliphatic heterocycles. The van der Waals surface area contributed by atoms with E-state index in [2.05, 4.69) is 26.0 Å². The molecule has 0 atom stereocenters. The molecule has 2 rings (SSSR count). The van der Waals surface area contributed by atoms with Gasteiger partial charge in [0.15, 0.2) is 0 Å². The standard InChI is InChI=1S/C25H32O3S/c1-3-5-7-8-9-11-24(26)28-22-16-14-21(15-17-22)25(27)29-23-18-12-20(13-19-23)10-6-4-2/h12-19H,3-11H2,1-2H3. The molecule has 0 heterocycles. The number of carbonyl (C=O) groups is 2. The topological polar surface area (TPSA) is 43.4 Å². The molecule has 0 bridgehead atoms. The Morgan fingerprint density at radius 3 is 2.10 bits per heavy atom. The van der Waals surface area contributed by atoms with Crippen LogP contribution in [0.5, 0.6) is 5.75 Å². The van der Waals surface area contributed by atoms with Crippen LogP contribution in [0.2, 0.25) is 0 Å². The Balaban J connectivity index is 1.79. The molecule has 2 aromatic rings. The van der Waals surface area contributed by atoms with Gasteiger partial charge in [-0.3, -0.25) is 9.59 Å². The van der Waals surface area contributed by atoms with Gasteiger partial charge >= 0.3 is 5.97 Å². The van der Waals surface area contributed by atoms with Crippen molar-refractivity contribution < 1.29 is 14.3 Å². The highest BCUT2D eigenvalue weighted by Crippen LogP contribution is 2.25. The highest BCUT2D eigenvalue weighted by atomic mass is 32.2. The first-order chi connectivity index (χ1) is 14.1. The fourth-order valence-corrected chi connectivity index (χ4v) is 3.73. The Kier molecular flexibility index (Phi) is 10.6. The van der Waals surface area contributed by atoms with Gasteiger partial charge < -0.3 is 4.74 Å². The van der Waals surface area contributed by atoms with Crippen LogP contribution in [-0.4, -0.2) is 11.1 Å². The molecule has 0 amide bonds. The molecule has 0 radical (unpaired) electrons. The van der Waals surface area contributed by atoms with Crippen LogP contribution in [-0.2, 0) is 11.2 Å². The smallest absolute Gasteiger partial charge is 0.311 e. The number of ether oxygens (including phenoxy) is 1. The van der Waals surface area contributed by atoms with Gasteiger partial charge in [0.05, 0.1) is 0 Å². The van der Waals surface area contributed by atoms with E-state index in [1.807, 2.05) is 12.1 Å². The zero-order valence-electron chi connectivity index (χ0n) is 17.6. The van der Waals surface area contributed by atoms with Gasteiger partial charge in [0.1, 0.15) is 5.75 Å². The summed E-state index contributed by atoms with van der Waals surface area (Å²) in [6, 6.07) is 15.0. The van der Waals surface area contributed by atoms with Crippen molar-refractivity contribution in [3.63, 3.8) is 0 Å². The Bertz CT molecular complexity index is 751. The summed E-state index contributed by atoms with van der Waals surface area (Å²) in [6.45, 7) is 4.36. The van der Waals surface area contributed by atoms with Crippen molar-refractivity contribution in [2.75, 3.05) is 0 Å². The van der Waals surface area contributed by atoms with E-state index in [0.717, 1.165) is 24.2 Å². The highest BCUT2D eigenvalue weighted by Gasteiger charge is 2.10. The van der Waals surface area contributed by atoms with Crippen molar-refractivity contribution in [2.45, 2.75) is 76.5 Å². The Hall–Kier alpha value is -2.07. The van der Waals surface area contributed by atoms with Crippen molar-refractivity contribution in [3.8, 4) is 5.75 Å². The maximum Gasteiger partial charge on any atom is 0.311 e. The minimum absolute atomic E-state index is 0.0138. The van der Waals surface area contributed by atoms with E-state index in [1.54, 1.807) is 24.3 Å². The second-order valence-corrected chi connectivity index (χ2v) is 8.35. The largest absolute Gasteiger partial charge is 0.427 e. The SMILES string of the molecule is CCCCCCCC(=O)Oc1ccc(C(=O)Sc2ccc(CCCC)cc2)cc1. The number of benzene rings is 2. The third kappa shape index (κ3) is 8.86. The molecule has 0 saturated heterocycles. The number of hydrogen-bond donors (Lipinski definition) is 0. The molecule has 29 heavy (non-hydrogen) atoms. The molecule has 156 valence electrons. The van der Waals surface area contributed by atoms with Gasteiger partial charge in [-0.1, -0.05) is 58.1 Å². The summed E-state index contributed by atoms with van der Waals surface area (Å²) in [5.41, 5.74) is 1.91. The average molecular weight is 413 g/mol. The monoisotopic (exact) mass is 412 g/mol. The van der Waals surface area contributed by atoms with Gasteiger partial charge in [-0.05, 0) is 73.0 Å². The van der Waals surface area contributed by atoms with Crippen molar-refractivity contribution in [2.24, 2.45) is 0 Å². The van der Waals surface area contributed by atoms with E-state index in [-0.39, 0.29) is 11.1 Å². The first-order valence-corrected chi connectivity index (χ1v) is 11.6. The summed E-state index contributed by atoms with van der Waals surface area (Å²) in [7, 11) is 0. The van der Waals surface area contributed by atoms with Gasteiger partial charge in [0.2, 0.25) is 5.12 Å². The maximum atomic E-state index is 12.5.